The van der Waals surface area contributed by atoms with Gasteiger partial charge in [0.1, 0.15) is 5.82 Å². The van der Waals surface area contributed by atoms with Crippen molar-refractivity contribution in [2.45, 2.75) is 30.3 Å². The second-order valence-corrected chi connectivity index (χ2v) is 8.81. The Bertz CT molecular complexity index is 931. The number of anilines is 1. The largest absolute Gasteiger partial charge is 0.311 e. The molecule has 160 valence electrons. The van der Waals surface area contributed by atoms with Crippen LogP contribution < -0.4 is 4.90 Å². The van der Waals surface area contributed by atoms with Crippen LogP contribution in [0.25, 0.3) is 0 Å². The van der Waals surface area contributed by atoms with Crippen molar-refractivity contribution in [3.63, 3.8) is 0 Å². The van der Waals surface area contributed by atoms with Crippen molar-refractivity contribution >= 4 is 22.7 Å². The lowest BCUT2D eigenvalue weighted by Gasteiger charge is -2.40. The smallest absolute Gasteiger partial charge is 0.244 e. The van der Waals surface area contributed by atoms with Crippen LogP contribution >= 0.6 is 0 Å². The van der Waals surface area contributed by atoms with E-state index < -0.39 is 11.1 Å². The number of benzene rings is 2. The summed E-state index contributed by atoms with van der Waals surface area (Å²) in [6.07, 6.45) is 0.770. The van der Waals surface area contributed by atoms with E-state index in [-0.39, 0.29) is 23.8 Å². The average molecular weight is 432 g/mol. The summed E-state index contributed by atoms with van der Waals surface area (Å²) in [5.74, 6) is -0.132. The van der Waals surface area contributed by atoms with Crippen molar-refractivity contribution in [1.29, 1.82) is 0 Å². The fraction of sp³-hybridized carbons (Fsp3) is 0.409. The molecular weight excluding hydrogens is 405 g/mol. The first kappa shape index (κ1) is 21.1. The Labute approximate surface area is 178 Å². The summed E-state index contributed by atoms with van der Waals surface area (Å²) in [5, 5.41) is 0. The lowest BCUT2D eigenvalue weighted by molar-refractivity contribution is -0.122. The van der Waals surface area contributed by atoms with Gasteiger partial charge in [-0.25, -0.2) is 8.60 Å². The number of carbonyl (C=O) groups is 1. The van der Waals surface area contributed by atoms with Gasteiger partial charge in [-0.15, -0.1) is 0 Å². The third-order valence-electron chi connectivity index (χ3n) is 6.20. The quantitative estimate of drug-likeness (QED) is 0.738. The molecule has 0 bridgehead atoms. The molecule has 2 aliphatic heterocycles. The van der Waals surface area contributed by atoms with E-state index in [1.807, 2.05) is 6.07 Å². The van der Waals surface area contributed by atoms with Crippen LogP contribution in [0.4, 0.5) is 10.1 Å². The minimum atomic E-state index is -2.02. The highest BCUT2D eigenvalue weighted by molar-refractivity contribution is 7.79. The zero-order valence-corrected chi connectivity index (χ0v) is 17.7. The molecule has 2 saturated heterocycles. The molecule has 1 amide bonds. The van der Waals surface area contributed by atoms with Gasteiger partial charge in [0.2, 0.25) is 5.91 Å². The number of hydrogen-bond acceptors (Lipinski definition) is 4. The normalized spacial score (nSPS) is 23.0. The van der Waals surface area contributed by atoms with Gasteiger partial charge in [-0.05, 0) is 55.3 Å². The van der Waals surface area contributed by atoms with Gasteiger partial charge in [0, 0.05) is 44.5 Å². The fourth-order valence-corrected chi connectivity index (χ4v) is 4.79. The summed E-state index contributed by atoms with van der Waals surface area (Å²) < 4.78 is 33.8. The molecule has 2 heterocycles. The molecule has 2 aromatic rings. The first-order valence-corrected chi connectivity index (χ1v) is 11.3. The SMILES string of the molecule is C[C@@H](c1cccc(F)c1)N1CCN([C@H]2CCN(c3ccc(S(=O)O)cc3)C2=O)CC1. The summed E-state index contributed by atoms with van der Waals surface area (Å²) in [6.45, 7) is 6.00. The highest BCUT2D eigenvalue weighted by Crippen LogP contribution is 2.28. The lowest BCUT2D eigenvalue weighted by atomic mass is 10.1. The van der Waals surface area contributed by atoms with Crippen molar-refractivity contribution in [3.8, 4) is 0 Å². The first-order chi connectivity index (χ1) is 14.4. The standard InChI is InChI=1S/C22H26FN3O3S/c1-16(17-3-2-4-18(23)15-17)24-11-13-25(14-12-24)21-9-10-26(22(21)27)19-5-7-20(8-6-19)30(28)29/h2-8,15-16,21H,9-14H2,1H3,(H,28,29)/t16-,21-/m0/s1. The maximum absolute atomic E-state index is 13.5. The average Bonchev–Trinajstić information content (AvgIpc) is 3.14. The zero-order valence-electron chi connectivity index (χ0n) is 16.9. The molecule has 0 aromatic heterocycles. The molecule has 8 heteroatoms. The van der Waals surface area contributed by atoms with E-state index in [0.717, 1.165) is 43.9 Å². The summed E-state index contributed by atoms with van der Waals surface area (Å²) >= 11 is -2.02. The molecule has 0 aliphatic carbocycles. The molecule has 2 fully saturated rings. The topological polar surface area (TPSA) is 64.1 Å². The van der Waals surface area contributed by atoms with Gasteiger partial charge < -0.3 is 9.45 Å². The first-order valence-electron chi connectivity index (χ1n) is 10.2. The van der Waals surface area contributed by atoms with Gasteiger partial charge in [-0.3, -0.25) is 14.6 Å². The third kappa shape index (κ3) is 4.32. The van der Waals surface area contributed by atoms with E-state index in [4.69, 9.17) is 4.55 Å². The van der Waals surface area contributed by atoms with Crippen LogP contribution in [-0.2, 0) is 15.9 Å². The molecule has 30 heavy (non-hydrogen) atoms. The highest BCUT2D eigenvalue weighted by atomic mass is 32.2. The summed E-state index contributed by atoms with van der Waals surface area (Å²) in [4.78, 5) is 19.7. The molecule has 1 unspecified atom stereocenters. The van der Waals surface area contributed by atoms with Gasteiger partial charge in [-0.2, -0.15) is 0 Å². The van der Waals surface area contributed by atoms with Crippen molar-refractivity contribution in [2.24, 2.45) is 0 Å². The number of piperazine rings is 1. The molecule has 1 N–H and O–H groups in total. The Kier molecular flexibility index (Phi) is 6.29. The van der Waals surface area contributed by atoms with Crippen LogP contribution in [0.3, 0.4) is 0 Å². The molecule has 0 spiro atoms. The monoisotopic (exact) mass is 431 g/mol. The Balaban J connectivity index is 1.36. The summed E-state index contributed by atoms with van der Waals surface area (Å²) in [7, 11) is 0. The summed E-state index contributed by atoms with van der Waals surface area (Å²) in [5.41, 5.74) is 1.73. The van der Waals surface area contributed by atoms with Crippen LogP contribution in [0.5, 0.6) is 0 Å². The van der Waals surface area contributed by atoms with Crippen molar-refractivity contribution in [2.75, 3.05) is 37.6 Å². The number of nitrogens with zero attached hydrogens (tertiary/aromatic N) is 3. The molecular formula is C22H26FN3O3S. The predicted octanol–water partition coefficient (Wildman–Crippen LogP) is 2.89. The second kappa shape index (κ2) is 8.93. The molecule has 0 radical (unpaired) electrons. The number of rotatable bonds is 5. The Hall–Kier alpha value is -2.13. The zero-order chi connectivity index (χ0) is 21.3. The minimum absolute atomic E-state index is 0.0829. The van der Waals surface area contributed by atoms with Crippen LogP contribution in [0.1, 0.15) is 24.9 Å². The van der Waals surface area contributed by atoms with Gasteiger partial charge in [-0.1, -0.05) is 12.1 Å². The van der Waals surface area contributed by atoms with E-state index >= 15 is 0 Å². The Morgan fingerprint density at radius 2 is 1.77 bits per heavy atom. The van der Waals surface area contributed by atoms with Crippen molar-refractivity contribution in [3.05, 3.63) is 59.9 Å². The predicted molar refractivity (Wildman–Crippen MR) is 114 cm³/mol. The minimum Gasteiger partial charge on any atom is -0.311 e. The van der Waals surface area contributed by atoms with E-state index in [9.17, 15) is 13.4 Å². The Morgan fingerprint density at radius 3 is 2.40 bits per heavy atom. The fourth-order valence-electron chi connectivity index (χ4n) is 4.42. The number of carbonyl (C=O) groups excluding carboxylic acids is 1. The van der Waals surface area contributed by atoms with E-state index in [0.29, 0.717) is 11.4 Å². The lowest BCUT2D eigenvalue weighted by Crippen LogP contribution is -2.52. The third-order valence-corrected chi connectivity index (χ3v) is 6.87. The van der Waals surface area contributed by atoms with Crippen LogP contribution in [0.15, 0.2) is 53.4 Å². The Morgan fingerprint density at radius 1 is 1.07 bits per heavy atom. The van der Waals surface area contributed by atoms with E-state index in [2.05, 4.69) is 16.7 Å². The van der Waals surface area contributed by atoms with Gasteiger partial charge >= 0.3 is 0 Å². The molecule has 2 aliphatic rings. The number of halogens is 1. The number of amides is 1. The van der Waals surface area contributed by atoms with Crippen LogP contribution in [0.2, 0.25) is 0 Å². The number of hydrogen-bond donors (Lipinski definition) is 1. The van der Waals surface area contributed by atoms with Crippen LogP contribution in [0, 0.1) is 5.82 Å². The van der Waals surface area contributed by atoms with Gasteiger partial charge in [0.25, 0.3) is 0 Å². The maximum Gasteiger partial charge on any atom is 0.244 e. The van der Waals surface area contributed by atoms with Gasteiger partial charge in [0.05, 0.1) is 10.9 Å². The highest BCUT2D eigenvalue weighted by Gasteiger charge is 2.38. The second-order valence-electron chi connectivity index (χ2n) is 7.84. The van der Waals surface area contributed by atoms with Crippen LogP contribution in [-0.4, -0.2) is 63.2 Å². The maximum atomic E-state index is 13.5. The molecule has 6 nitrogen and oxygen atoms in total. The van der Waals surface area contributed by atoms with E-state index in [1.54, 1.807) is 41.3 Å². The molecule has 3 atom stereocenters. The van der Waals surface area contributed by atoms with Gasteiger partial charge in [0.15, 0.2) is 11.1 Å². The molecule has 4 rings (SSSR count). The van der Waals surface area contributed by atoms with Crippen molar-refractivity contribution in [1.82, 2.24) is 9.80 Å². The van der Waals surface area contributed by atoms with E-state index in [1.165, 1.54) is 6.07 Å². The summed E-state index contributed by atoms with van der Waals surface area (Å²) in [6, 6.07) is 13.4. The molecule has 2 aromatic carbocycles. The van der Waals surface area contributed by atoms with Crippen molar-refractivity contribution < 1.29 is 17.9 Å². The molecule has 0 saturated carbocycles.